The molecule has 1 rings (SSSR count). The molecule has 1 atom stereocenters. The van der Waals surface area contributed by atoms with E-state index in [0.717, 1.165) is 0 Å². The maximum absolute atomic E-state index is 11.7. The minimum Gasteiger partial charge on any atom is -0.330 e. The summed E-state index contributed by atoms with van der Waals surface area (Å²) < 4.78 is 0. The van der Waals surface area contributed by atoms with Gasteiger partial charge in [-0.1, -0.05) is 18.5 Å². The van der Waals surface area contributed by atoms with Crippen LogP contribution in [-0.4, -0.2) is 18.4 Å². The zero-order valence-corrected chi connectivity index (χ0v) is 12.3. The van der Waals surface area contributed by atoms with Gasteiger partial charge in [0.25, 0.3) is 0 Å². The predicted molar refractivity (Wildman–Crippen MR) is 79.9 cm³/mol. The van der Waals surface area contributed by atoms with Crippen LogP contribution in [0.2, 0.25) is 5.02 Å². The first-order valence-electron chi connectivity index (χ1n) is 5.52. The Morgan fingerprint density at radius 2 is 2.00 bits per heavy atom. The molecule has 106 valence electrons. The smallest absolute Gasteiger partial charge is 0.228 e. The molecular formula is C12H17Cl2N3O2. The molecule has 1 aromatic carbocycles. The molecule has 0 spiro atoms. The number of amides is 2. The Morgan fingerprint density at radius 1 is 1.37 bits per heavy atom. The van der Waals surface area contributed by atoms with E-state index in [1.807, 2.05) is 0 Å². The lowest BCUT2D eigenvalue weighted by Gasteiger charge is -2.12. The molecule has 0 aliphatic carbocycles. The summed E-state index contributed by atoms with van der Waals surface area (Å²) in [6.45, 7) is 3.39. The van der Waals surface area contributed by atoms with Gasteiger partial charge < -0.3 is 16.4 Å². The van der Waals surface area contributed by atoms with Crippen LogP contribution in [0.4, 0.5) is 11.4 Å². The molecule has 7 heteroatoms. The maximum atomic E-state index is 11.7. The van der Waals surface area contributed by atoms with Crippen LogP contribution in [0.25, 0.3) is 0 Å². The van der Waals surface area contributed by atoms with Crippen molar-refractivity contribution >= 4 is 47.2 Å². The Hall–Kier alpha value is -1.30. The molecule has 2 amide bonds. The van der Waals surface area contributed by atoms with Crippen LogP contribution >= 0.6 is 24.0 Å². The summed E-state index contributed by atoms with van der Waals surface area (Å²) in [4.78, 5) is 22.6. The van der Waals surface area contributed by atoms with E-state index in [0.29, 0.717) is 16.4 Å². The molecule has 0 heterocycles. The van der Waals surface area contributed by atoms with Gasteiger partial charge in [-0.25, -0.2) is 0 Å². The highest BCUT2D eigenvalue weighted by Gasteiger charge is 2.13. The highest BCUT2D eigenvalue weighted by molar-refractivity contribution is 6.33. The number of nitrogens with two attached hydrogens (primary N) is 1. The fourth-order valence-corrected chi connectivity index (χ4v) is 1.43. The number of benzene rings is 1. The van der Waals surface area contributed by atoms with Crippen LogP contribution < -0.4 is 16.4 Å². The molecule has 0 aliphatic rings. The highest BCUT2D eigenvalue weighted by atomic mass is 35.5. The van der Waals surface area contributed by atoms with Gasteiger partial charge in [-0.05, 0) is 18.2 Å². The summed E-state index contributed by atoms with van der Waals surface area (Å²) in [6, 6.07) is 4.87. The van der Waals surface area contributed by atoms with E-state index in [2.05, 4.69) is 10.6 Å². The van der Waals surface area contributed by atoms with Crippen molar-refractivity contribution in [3.8, 4) is 0 Å². The Balaban J connectivity index is 0.00000324. The fraction of sp³-hybridized carbons (Fsp3) is 0.333. The molecular weight excluding hydrogens is 289 g/mol. The van der Waals surface area contributed by atoms with Crippen molar-refractivity contribution in [3.63, 3.8) is 0 Å². The molecule has 0 fully saturated rings. The monoisotopic (exact) mass is 305 g/mol. The Kier molecular flexibility index (Phi) is 7.44. The van der Waals surface area contributed by atoms with Gasteiger partial charge in [0.1, 0.15) is 0 Å². The van der Waals surface area contributed by atoms with Crippen molar-refractivity contribution in [1.29, 1.82) is 0 Å². The number of hydrogen-bond acceptors (Lipinski definition) is 3. The molecule has 1 unspecified atom stereocenters. The average Bonchev–Trinajstić information content (AvgIpc) is 2.31. The molecule has 0 aliphatic heterocycles. The molecule has 0 radical (unpaired) electrons. The van der Waals surface area contributed by atoms with Gasteiger partial charge in [0, 0.05) is 25.1 Å². The first-order valence-corrected chi connectivity index (χ1v) is 5.90. The lowest BCUT2D eigenvalue weighted by molar-refractivity contribution is -0.119. The quantitative estimate of drug-likeness (QED) is 0.797. The number of nitrogens with one attached hydrogen (secondary N) is 2. The number of carbonyl (C=O) groups is 2. The number of carbonyl (C=O) groups excluding carboxylic acids is 2. The van der Waals surface area contributed by atoms with Gasteiger partial charge in [0.2, 0.25) is 11.8 Å². The maximum Gasteiger partial charge on any atom is 0.228 e. The zero-order chi connectivity index (χ0) is 13.7. The summed E-state index contributed by atoms with van der Waals surface area (Å²) >= 11 is 5.97. The number of rotatable bonds is 4. The van der Waals surface area contributed by atoms with Crippen molar-refractivity contribution in [2.75, 3.05) is 17.2 Å². The van der Waals surface area contributed by atoms with Crippen LogP contribution in [0, 0.1) is 5.92 Å². The van der Waals surface area contributed by atoms with E-state index >= 15 is 0 Å². The third-order valence-electron chi connectivity index (χ3n) is 2.35. The van der Waals surface area contributed by atoms with Crippen LogP contribution in [0.3, 0.4) is 0 Å². The van der Waals surface area contributed by atoms with Crippen LogP contribution in [-0.2, 0) is 9.59 Å². The van der Waals surface area contributed by atoms with Gasteiger partial charge >= 0.3 is 0 Å². The second kappa shape index (κ2) is 7.99. The summed E-state index contributed by atoms with van der Waals surface area (Å²) in [5.74, 6) is -0.699. The second-order valence-electron chi connectivity index (χ2n) is 4.00. The van der Waals surface area contributed by atoms with Crippen LogP contribution in [0.5, 0.6) is 0 Å². The minimum absolute atomic E-state index is 0. The van der Waals surface area contributed by atoms with Crippen molar-refractivity contribution in [2.45, 2.75) is 13.8 Å². The topological polar surface area (TPSA) is 84.2 Å². The summed E-state index contributed by atoms with van der Waals surface area (Å²) in [6.07, 6.45) is 0. The van der Waals surface area contributed by atoms with E-state index in [1.54, 1.807) is 25.1 Å². The van der Waals surface area contributed by atoms with Crippen molar-refractivity contribution in [1.82, 2.24) is 0 Å². The number of hydrogen-bond donors (Lipinski definition) is 3. The van der Waals surface area contributed by atoms with E-state index in [1.165, 1.54) is 6.92 Å². The molecule has 0 saturated heterocycles. The Labute approximate surface area is 123 Å². The van der Waals surface area contributed by atoms with E-state index in [-0.39, 0.29) is 36.7 Å². The predicted octanol–water partition coefficient (Wildman–Crippen LogP) is 2.25. The molecule has 4 N–H and O–H groups in total. The SMILES string of the molecule is CC(=O)Nc1ccc(Cl)c(NC(=O)C(C)CN)c1.Cl. The molecule has 0 bridgehead atoms. The minimum atomic E-state index is -0.300. The number of anilines is 2. The second-order valence-corrected chi connectivity index (χ2v) is 4.41. The first-order chi connectivity index (χ1) is 8.43. The largest absolute Gasteiger partial charge is 0.330 e. The van der Waals surface area contributed by atoms with Gasteiger partial charge in [-0.2, -0.15) is 0 Å². The molecule has 0 aromatic heterocycles. The molecule has 1 aromatic rings. The van der Waals surface area contributed by atoms with Crippen LogP contribution in [0.1, 0.15) is 13.8 Å². The van der Waals surface area contributed by atoms with Gasteiger partial charge in [-0.3, -0.25) is 9.59 Å². The van der Waals surface area contributed by atoms with Gasteiger partial charge in [0.05, 0.1) is 10.7 Å². The molecule has 5 nitrogen and oxygen atoms in total. The summed E-state index contributed by atoms with van der Waals surface area (Å²) in [7, 11) is 0. The highest BCUT2D eigenvalue weighted by Crippen LogP contribution is 2.25. The lowest BCUT2D eigenvalue weighted by Crippen LogP contribution is -2.26. The van der Waals surface area contributed by atoms with Crippen molar-refractivity contribution in [2.24, 2.45) is 11.7 Å². The average molecular weight is 306 g/mol. The Morgan fingerprint density at radius 3 is 2.53 bits per heavy atom. The van der Waals surface area contributed by atoms with E-state index < -0.39 is 0 Å². The Bertz CT molecular complexity index is 466. The van der Waals surface area contributed by atoms with Crippen molar-refractivity contribution < 1.29 is 9.59 Å². The fourth-order valence-electron chi connectivity index (χ4n) is 1.27. The third-order valence-corrected chi connectivity index (χ3v) is 2.68. The van der Waals surface area contributed by atoms with E-state index in [9.17, 15) is 9.59 Å². The van der Waals surface area contributed by atoms with E-state index in [4.69, 9.17) is 17.3 Å². The normalized spacial score (nSPS) is 11.2. The molecule has 0 saturated carbocycles. The molecule has 19 heavy (non-hydrogen) atoms. The van der Waals surface area contributed by atoms with Crippen LogP contribution in [0.15, 0.2) is 18.2 Å². The standard InChI is InChI=1S/C12H16ClN3O2.ClH/c1-7(6-14)12(18)16-11-5-9(15-8(2)17)3-4-10(11)13;/h3-5,7H,6,14H2,1-2H3,(H,15,17)(H,16,18);1H. The van der Waals surface area contributed by atoms with Gasteiger partial charge in [-0.15, -0.1) is 12.4 Å². The third kappa shape index (κ3) is 5.46. The lowest BCUT2D eigenvalue weighted by atomic mass is 10.1. The number of halogens is 2. The summed E-state index contributed by atoms with van der Waals surface area (Å²) in [5.41, 5.74) is 6.43. The van der Waals surface area contributed by atoms with Gasteiger partial charge in [0.15, 0.2) is 0 Å². The van der Waals surface area contributed by atoms with Crippen molar-refractivity contribution in [3.05, 3.63) is 23.2 Å². The first kappa shape index (κ1) is 17.7. The summed E-state index contributed by atoms with van der Waals surface area (Å²) in [5, 5.41) is 5.69. The zero-order valence-electron chi connectivity index (χ0n) is 10.7.